The van der Waals surface area contributed by atoms with Gasteiger partial charge >= 0.3 is 0 Å². The molecule has 38 heavy (non-hydrogen) atoms. The van der Waals surface area contributed by atoms with Crippen molar-refractivity contribution in [2.45, 2.75) is 18.1 Å². The van der Waals surface area contributed by atoms with E-state index in [1.807, 2.05) is 18.2 Å². The summed E-state index contributed by atoms with van der Waals surface area (Å²) in [6.45, 7) is 0.341. The van der Waals surface area contributed by atoms with E-state index in [9.17, 15) is 14.0 Å². The van der Waals surface area contributed by atoms with Crippen molar-refractivity contribution >= 4 is 40.1 Å². The number of carbonyl (C=O) groups is 2. The van der Waals surface area contributed by atoms with Crippen molar-refractivity contribution in [3.63, 3.8) is 0 Å². The topological polar surface area (TPSA) is 89.5 Å². The van der Waals surface area contributed by atoms with Crippen molar-refractivity contribution < 1.29 is 28.2 Å². The van der Waals surface area contributed by atoms with Crippen LogP contribution in [0.5, 0.6) is 17.2 Å². The van der Waals surface area contributed by atoms with Crippen LogP contribution in [0.3, 0.4) is 0 Å². The van der Waals surface area contributed by atoms with Crippen LogP contribution >= 0.6 is 11.8 Å². The Morgan fingerprint density at radius 1 is 1.00 bits per heavy atom. The Morgan fingerprint density at radius 3 is 2.37 bits per heavy atom. The lowest BCUT2D eigenvalue weighted by Crippen LogP contribution is -2.46. The maximum absolute atomic E-state index is 13.5. The van der Waals surface area contributed by atoms with Crippen molar-refractivity contribution in [1.82, 2.24) is 4.90 Å². The molecule has 3 aromatic rings. The van der Waals surface area contributed by atoms with Crippen molar-refractivity contribution in [1.29, 1.82) is 0 Å². The van der Waals surface area contributed by atoms with E-state index in [1.165, 1.54) is 36.0 Å². The lowest BCUT2D eigenvalue weighted by Gasteiger charge is -2.32. The van der Waals surface area contributed by atoms with Gasteiger partial charge in [-0.2, -0.15) is 0 Å². The summed E-state index contributed by atoms with van der Waals surface area (Å²) in [6.07, 6.45) is 0.541. The molecule has 0 aliphatic carbocycles. The number of nitrogens with zero attached hydrogens (tertiary/aromatic N) is 2. The summed E-state index contributed by atoms with van der Waals surface area (Å²) in [5.41, 5.74) is 2.02. The first-order chi connectivity index (χ1) is 18.4. The van der Waals surface area contributed by atoms with Gasteiger partial charge in [-0.25, -0.2) is 9.38 Å². The molecular weight excluding hydrogens is 509 g/mol. The third-order valence-corrected chi connectivity index (χ3v) is 7.10. The second-order valence-electron chi connectivity index (χ2n) is 8.38. The van der Waals surface area contributed by atoms with Crippen LogP contribution in [-0.2, 0) is 16.0 Å². The number of hydrogen-bond donors (Lipinski definition) is 1. The second-order valence-corrected chi connectivity index (χ2v) is 9.55. The Bertz CT molecular complexity index is 1320. The Hall–Kier alpha value is -4.05. The molecule has 1 fully saturated rings. The van der Waals surface area contributed by atoms with Gasteiger partial charge in [-0.05, 0) is 72.6 Å². The first kappa shape index (κ1) is 27.0. The Morgan fingerprint density at radius 2 is 1.71 bits per heavy atom. The molecule has 1 atom stereocenters. The first-order valence-electron chi connectivity index (χ1n) is 11.9. The second kappa shape index (κ2) is 12.5. The van der Waals surface area contributed by atoms with Crippen LogP contribution < -0.4 is 19.5 Å². The van der Waals surface area contributed by atoms with Gasteiger partial charge in [-0.3, -0.25) is 14.5 Å². The zero-order valence-corrected chi connectivity index (χ0v) is 22.1. The fraction of sp³-hybridized carbons (Fsp3) is 0.250. The van der Waals surface area contributed by atoms with Crippen LogP contribution in [0.2, 0.25) is 0 Å². The molecule has 0 aromatic heterocycles. The van der Waals surface area contributed by atoms with Gasteiger partial charge in [0.1, 0.15) is 16.8 Å². The standard InChI is InChI=1S/C28H28FN3O5S/c1-35-22-11-9-20(10-12-22)30-27(34)25-17-26(33)32(28(38-25)31-21-7-5-19(29)6-8-21)15-14-18-4-13-23(36-2)24(16-18)37-3/h4-13,16,25H,14-15,17H2,1-3H3,(H,30,34)/t25-/m0/s1. The lowest BCUT2D eigenvalue weighted by atomic mass is 10.1. The summed E-state index contributed by atoms with van der Waals surface area (Å²) >= 11 is 1.21. The zero-order chi connectivity index (χ0) is 27.1. The number of ether oxygens (including phenoxy) is 3. The molecule has 3 aromatic carbocycles. The number of aliphatic imine (C=N–C) groups is 1. The number of amides is 2. The highest BCUT2D eigenvalue weighted by molar-refractivity contribution is 8.15. The minimum absolute atomic E-state index is 0.0149. The molecule has 0 radical (unpaired) electrons. The van der Waals surface area contributed by atoms with Crippen LogP contribution in [-0.4, -0.2) is 55.0 Å². The van der Waals surface area contributed by atoms with Crippen LogP contribution in [0.1, 0.15) is 12.0 Å². The van der Waals surface area contributed by atoms with Crippen LogP contribution in [0.15, 0.2) is 71.7 Å². The number of hydrogen-bond acceptors (Lipinski definition) is 7. The molecule has 0 saturated carbocycles. The normalized spacial score (nSPS) is 16.3. The van der Waals surface area contributed by atoms with E-state index in [-0.39, 0.29) is 24.1 Å². The Kier molecular flexibility index (Phi) is 8.85. The summed E-state index contributed by atoms with van der Waals surface area (Å²) in [5.74, 6) is 0.970. The molecular formula is C28H28FN3O5S. The number of thioether (sulfide) groups is 1. The number of rotatable bonds is 9. The maximum atomic E-state index is 13.5. The number of benzene rings is 3. The Labute approximate surface area is 224 Å². The molecule has 1 aliphatic rings. The predicted octanol–water partition coefficient (Wildman–Crippen LogP) is 5.05. The van der Waals surface area contributed by atoms with Gasteiger partial charge in [0.05, 0.1) is 27.0 Å². The highest BCUT2D eigenvalue weighted by atomic mass is 32.2. The molecule has 1 heterocycles. The largest absolute Gasteiger partial charge is 0.497 e. The smallest absolute Gasteiger partial charge is 0.238 e. The predicted molar refractivity (Wildman–Crippen MR) is 146 cm³/mol. The number of methoxy groups -OCH3 is 3. The molecule has 0 unspecified atom stereocenters. The van der Waals surface area contributed by atoms with Gasteiger partial charge in [-0.15, -0.1) is 0 Å². The lowest BCUT2D eigenvalue weighted by molar-refractivity contribution is -0.129. The minimum Gasteiger partial charge on any atom is -0.497 e. The molecule has 8 nitrogen and oxygen atoms in total. The quantitative estimate of drug-likeness (QED) is 0.411. The van der Waals surface area contributed by atoms with E-state index in [0.29, 0.717) is 46.8 Å². The third-order valence-electron chi connectivity index (χ3n) is 5.91. The average Bonchev–Trinajstić information content (AvgIpc) is 2.93. The van der Waals surface area contributed by atoms with E-state index in [1.54, 1.807) is 50.5 Å². The summed E-state index contributed by atoms with van der Waals surface area (Å²) in [6, 6.07) is 18.2. The average molecular weight is 538 g/mol. The monoisotopic (exact) mass is 537 g/mol. The van der Waals surface area contributed by atoms with E-state index < -0.39 is 5.25 Å². The van der Waals surface area contributed by atoms with Gasteiger partial charge in [0, 0.05) is 18.7 Å². The van der Waals surface area contributed by atoms with Gasteiger partial charge in [0.2, 0.25) is 11.8 Å². The number of anilines is 1. The number of carbonyl (C=O) groups excluding carboxylic acids is 2. The van der Waals surface area contributed by atoms with Crippen molar-refractivity contribution in [3.8, 4) is 17.2 Å². The first-order valence-corrected chi connectivity index (χ1v) is 12.7. The molecule has 198 valence electrons. The molecule has 10 heteroatoms. The summed E-state index contributed by atoms with van der Waals surface area (Å²) in [5, 5.41) is 2.55. The van der Waals surface area contributed by atoms with Crippen LogP contribution in [0.25, 0.3) is 0 Å². The molecule has 0 bridgehead atoms. The third kappa shape index (κ3) is 6.63. The van der Waals surface area contributed by atoms with Crippen molar-refractivity contribution in [2.24, 2.45) is 4.99 Å². The number of amidine groups is 1. The van der Waals surface area contributed by atoms with Crippen molar-refractivity contribution in [3.05, 3.63) is 78.1 Å². The van der Waals surface area contributed by atoms with Crippen molar-refractivity contribution in [2.75, 3.05) is 33.2 Å². The number of halogens is 1. The summed E-state index contributed by atoms with van der Waals surface area (Å²) < 4.78 is 29.3. The fourth-order valence-corrected chi connectivity index (χ4v) is 4.99. The van der Waals surface area contributed by atoms with E-state index in [4.69, 9.17) is 14.2 Å². The maximum Gasteiger partial charge on any atom is 0.238 e. The van der Waals surface area contributed by atoms with Gasteiger partial charge in [0.15, 0.2) is 16.7 Å². The summed E-state index contributed by atoms with van der Waals surface area (Å²) in [4.78, 5) is 32.5. The zero-order valence-electron chi connectivity index (χ0n) is 21.3. The fourth-order valence-electron chi connectivity index (χ4n) is 3.86. The van der Waals surface area contributed by atoms with E-state index in [2.05, 4.69) is 10.3 Å². The molecule has 1 aliphatic heterocycles. The van der Waals surface area contributed by atoms with Gasteiger partial charge < -0.3 is 19.5 Å². The molecule has 2 amide bonds. The highest BCUT2D eigenvalue weighted by Crippen LogP contribution is 2.32. The van der Waals surface area contributed by atoms with E-state index >= 15 is 0 Å². The van der Waals surface area contributed by atoms with Crippen LogP contribution in [0.4, 0.5) is 15.8 Å². The van der Waals surface area contributed by atoms with Gasteiger partial charge in [0.25, 0.3) is 0 Å². The van der Waals surface area contributed by atoms with Gasteiger partial charge in [-0.1, -0.05) is 17.8 Å². The number of nitrogens with one attached hydrogen (secondary N) is 1. The SMILES string of the molecule is COc1ccc(NC(=O)[C@@H]2CC(=O)N(CCc3ccc(OC)c(OC)c3)C(=Nc3ccc(F)cc3)S2)cc1. The van der Waals surface area contributed by atoms with E-state index in [0.717, 1.165) is 5.56 Å². The Balaban J connectivity index is 1.54. The summed E-state index contributed by atoms with van der Waals surface area (Å²) in [7, 11) is 4.70. The van der Waals surface area contributed by atoms with Crippen LogP contribution in [0, 0.1) is 5.82 Å². The molecule has 1 N–H and O–H groups in total. The molecule has 4 rings (SSSR count). The molecule has 0 spiro atoms. The highest BCUT2D eigenvalue weighted by Gasteiger charge is 2.36. The minimum atomic E-state index is -0.680. The molecule has 1 saturated heterocycles.